The van der Waals surface area contributed by atoms with Crippen LogP contribution in [0.1, 0.15) is 29.2 Å². The van der Waals surface area contributed by atoms with E-state index in [4.69, 9.17) is 18.8 Å². The highest BCUT2D eigenvalue weighted by Gasteiger charge is 2.24. The number of nitrogens with zero attached hydrogens (tertiary/aromatic N) is 3. The van der Waals surface area contributed by atoms with Gasteiger partial charge in [-0.2, -0.15) is 0 Å². The molecule has 0 bridgehead atoms. The minimum absolute atomic E-state index is 0.120. The van der Waals surface area contributed by atoms with Crippen LogP contribution in [0.25, 0.3) is 77.0 Å². The molecular weight excluding hydrogens is 773 g/mol. The van der Waals surface area contributed by atoms with Crippen LogP contribution in [0.3, 0.4) is 0 Å². The van der Waals surface area contributed by atoms with Crippen molar-refractivity contribution in [1.29, 1.82) is 5.41 Å². The van der Waals surface area contributed by atoms with Crippen LogP contribution in [0, 0.1) is 5.41 Å². The predicted molar refractivity (Wildman–Crippen MR) is 262 cm³/mol. The summed E-state index contributed by atoms with van der Waals surface area (Å²) in [4.78, 5) is 9.71. The Kier molecular flexibility index (Phi) is 9.51. The van der Waals surface area contributed by atoms with Crippen molar-refractivity contribution < 1.29 is 8.83 Å². The highest BCUT2D eigenvalue weighted by molar-refractivity contribution is 6.27. The van der Waals surface area contributed by atoms with E-state index in [1.54, 1.807) is 6.21 Å². The Bertz CT molecular complexity index is 3650. The Labute approximate surface area is 363 Å². The van der Waals surface area contributed by atoms with E-state index in [9.17, 15) is 5.41 Å². The summed E-state index contributed by atoms with van der Waals surface area (Å²) >= 11 is 0. The van der Waals surface area contributed by atoms with Crippen molar-refractivity contribution in [2.75, 3.05) is 0 Å². The molecule has 6 heteroatoms. The third-order valence-corrected chi connectivity index (χ3v) is 11.8. The van der Waals surface area contributed by atoms with Crippen molar-refractivity contribution in [2.45, 2.75) is 13.3 Å². The van der Waals surface area contributed by atoms with Crippen LogP contribution in [0.5, 0.6) is 0 Å². The lowest BCUT2D eigenvalue weighted by Crippen LogP contribution is -2.07. The molecule has 0 aliphatic heterocycles. The van der Waals surface area contributed by atoms with E-state index in [0.29, 0.717) is 17.8 Å². The number of hydrogen-bond donors (Lipinski definition) is 1. The number of allylic oxidation sites excluding steroid dienone is 3. The third-order valence-electron chi connectivity index (χ3n) is 11.8. The molecule has 0 saturated heterocycles. The fraction of sp³-hybridized carbons (Fsp3) is 0.0351. The first-order chi connectivity index (χ1) is 31.1. The van der Waals surface area contributed by atoms with Gasteiger partial charge in [-0.15, -0.1) is 0 Å². The number of benzene rings is 8. The first-order valence-corrected chi connectivity index (χ1v) is 21.1. The minimum atomic E-state index is 0.120. The van der Waals surface area contributed by atoms with Gasteiger partial charge in [0.05, 0.1) is 16.4 Å². The molecule has 0 unspecified atom stereocenters. The Morgan fingerprint density at radius 2 is 1.11 bits per heavy atom. The van der Waals surface area contributed by atoms with Gasteiger partial charge in [-0.25, -0.2) is 9.98 Å². The summed E-state index contributed by atoms with van der Waals surface area (Å²) in [5, 5.41) is 15.7. The number of fused-ring (bicyclic) bond motifs is 11. The molecule has 300 valence electrons. The van der Waals surface area contributed by atoms with Crippen molar-refractivity contribution in [2.24, 2.45) is 9.98 Å². The number of amidine groups is 2. The van der Waals surface area contributed by atoms with Crippen molar-refractivity contribution in [3.05, 3.63) is 228 Å². The Morgan fingerprint density at radius 1 is 0.540 bits per heavy atom. The number of para-hydroxylation sites is 2. The van der Waals surface area contributed by atoms with Crippen molar-refractivity contribution in [3.8, 4) is 0 Å². The number of nitrogens with one attached hydrogen (secondary N) is 1. The molecular formula is C57H40N4O2. The topological polar surface area (TPSA) is 79.8 Å². The summed E-state index contributed by atoms with van der Waals surface area (Å²) in [6, 6.07) is 66.2. The molecule has 0 aliphatic rings. The van der Waals surface area contributed by atoms with Gasteiger partial charge in [-0.3, -0.25) is 5.41 Å². The van der Waals surface area contributed by atoms with Gasteiger partial charge in [0.25, 0.3) is 0 Å². The SMILES string of the molecule is C/C(=C\C(=C(/Cc1ccccc1)n1c2ccccc2c2c3oc4c(ccc5c6ccccc6oc54)c3ccc21)c1ccccc1)C(=N)/N=C(\N=C\c1ccccc1)c1ccccc1. The van der Waals surface area contributed by atoms with Crippen molar-refractivity contribution in [3.63, 3.8) is 0 Å². The van der Waals surface area contributed by atoms with E-state index in [1.165, 1.54) is 0 Å². The summed E-state index contributed by atoms with van der Waals surface area (Å²) in [5.41, 5.74) is 11.9. The number of rotatable bonds is 8. The van der Waals surface area contributed by atoms with Gasteiger partial charge in [0, 0.05) is 56.4 Å². The van der Waals surface area contributed by atoms with Crippen LogP contribution < -0.4 is 0 Å². The van der Waals surface area contributed by atoms with Gasteiger partial charge < -0.3 is 13.4 Å². The molecule has 11 rings (SSSR count). The molecule has 0 saturated carbocycles. The largest absolute Gasteiger partial charge is 0.452 e. The van der Waals surface area contributed by atoms with Gasteiger partial charge >= 0.3 is 0 Å². The molecule has 3 heterocycles. The number of aliphatic imine (C=N–C) groups is 2. The van der Waals surface area contributed by atoms with Crippen LogP contribution in [0.15, 0.2) is 225 Å². The average molecular weight is 813 g/mol. The maximum atomic E-state index is 9.47. The molecule has 1 N–H and O–H groups in total. The summed E-state index contributed by atoms with van der Waals surface area (Å²) in [6.45, 7) is 1.96. The zero-order chi connectivity index (χ0) is 42.3. The fourth-order valence-corrected chi connectivity index (χ4v) is 8.76. The first kappa shape index (κ1) is 37.6. The lowest BCUT2D eigenvalue weighted by Gasteiger charge is -2.19. The van der Waals surface area contributed by atoms with Crippen LogP contribution >= 0.6 is 0 Å². The molecule has 3 aromatic heterocycles. The summed E-state index contributed by atoms with van der Waals surface area (Å²) in [6.07, 6.45) is 4.52. The van der Waals surface area contributed by atoms with Crippen LogP contribution in [0.4, 0.5) is 0 Å². The third kappa shape index (κ3) is 6.84. The highest BCUT2D eigenvalue weighted by atomic mass is 16.4. The molecule has 0 spiro atoms. The Balaban J connectivity index is 1.15. The lowest BCUT2D eigenvalue weighted by molar-refractivity contribution is 0.635. The van der Waals surface area contributed by atoms with Crippen LogP contribution in [-0.4, -0.2) is 22.5 Å². The van der Waals surface area contributed by atoms with Gasteiger partial charge in [-0.1, -0.05) is 158 Å². The second kappa shape index (κ2) is 15.9. The minimum Gasteiger partial charge on any atom is -0.452 e. The van der Waals surface area contributed by atoms with Gasteiger partial charge in [0.15, 0.2) is 17.0 Å². The number of hydrogen-bond acceptors (Lipinski definition) is 3. The number of aromatic nitrogens is 1. The molecule has 0 aliphatic carbocycles. The molecule has 0 radical (unpaired) electrons. The summed E-state index contributed by atoms with van der Waals surface area (Å²) in [7, 11) is 0. The quantitative estimate of drug-likeness (QED) is 0.0942. The monoisotopic (exact) mass is 812 g/mol. The Morgan fingerprint density at radius 3 is 1.86 bits per heavy atom. The normalized spacial score (nSPS) is 13.0. The predicted octanol–water partition coefficient (Wildman–Crippen LogP) is 14.7. The van der Waals surface area contributed by atoms with Gasteiger partial charge in [0.2, 0.25) is 0 Å². The van der Waals surface area contributed by atoms with E-state index < -0.39 is 0 Å². The van der Waals surface area contributed by atoms with Crippen LogP contribution in [-0.2, 0) is 6.42 Å². The zero-order valence-corrected chi connectivity index (χ0v) is 34.5. The molecule has 6 nitrogen and oxygen atoms in total. The number of furan rings is 2. The summed E-state index contributed by atoms with van der Waals surface area (Å²) < 4.78 is 15.9. The standard InChI is InChI=1S/C57H40N4O2/c1-37(56(58)60-57(41-24-12-5-13-25-41)59-36-39-20-8-3-9-21-39)34-47(40-22-10-4-11-23-40)50(35-38-18-6-2-7-19-38)61-48-28-16-14-27-46(48)52-49(61)33-32-44-45-31-30-43-42-26-15-17-29-51(42)62-54(43)55(45)63-53(44)52/h2-34,36,58H,35H2,1H3/b37-34+,50-47-,58-56?,59-36+,60-57-. The lowest BCUT2D eigenvalue weighted by atomic mass is 9.96. The maximum Gasteiger partial charge on any atom is 0.178 e. The average Bonchev–Trinajstić information content (AvgIpc) is 4.02. The molecule has 63 heavy (non-hydrogen) atoms. The van der Waals surface area contributed by atoms with E-state index in [-0.39, 0.29) is 5.84 Å². The molecule has 0 amide bonds. The smallest absolute Gasteiger partial charge is 0.178 e. The van der Waals surface area contributed by atoms with Crippen LogP contribution in [0.2, 0.25) is 0 Å². The Hall–Kier alpha value is -8.35. The van der Waals surface area contributed by atoms with E-state index in [2.05, 4.69) is 120 Å². The first-order valence-electron chi connectivity index (χ1n) is 21.1. The van der Waals surface area contributed by atoms with Crippen molar-refractivity contribution in [1.82, 2.24) is 4.57 Å². The highest BCUT2D eigenvalue weighted by Crippen LogP contribution is 2.45. The molecule has 11 aromatic rings. The molecule has 8 aromatic carbocycles. The van der Waals surface area contributed by atoms with Gasteiger partial charge in [-0.05, 0) is 71.7 Å². The molecule has 0 fully saturated rings. The van der Waals surface area contributed by atoms with E-state index in [1.807, 2.05) is 91.9 Å². The van der Waals surface area contributed by atoms with Gasteiger partial charge in [0.1, 0.15) is 17.0 Å². The van der Waals surface area contributed by atoms with E-state index >= 15 is 0 Å². The van der Waals surface area contributed by atoms with Crippen molar-refractivity contribution >= 4 is 94.8 Å². The maximum absolute atomic E-state index is 9.47. The second-order valence-corrected chi connectivity index (χ2v) is 15.7. The zero-order valence-electron chi connectivity index (χ0n) is 34.5. The summed E-state index contributed by atoms with van der Waals surface area (Å²) in [5.74, 6) is 0.582. The molecule has 0 atom stereocenters. The fourth-order valence-electron chi connectivity index (χ4n) is 8.76. The van der Waals surface area contributed by atoms with E-state index in [0.717, 1.165) is 99.2 Å². The second-order valence-electron chi connectivity index (χ2n) is 15.7.